The van der Waals surface area contributed by atoms with Gasteiger partial charge in [-0.05, 0) is 12.0 Å². The number of nitrogens with one attached hydrogen (secondary N) is 2. The van der Waals surface area contributed by atoms with E-state index in [4.69, 9.17) is 9.47 Å². The number of carbonyl (C=O) groups excluding carboxylic acids is 2. The highest BCUT2D eigenvalue weighted by Gasteiger charge is 2.43. The van der Waals surface area contributed by atoms with Crippen LogP contribution in [0.1, 0.15) is 67.4 Å². The summed E-state index contributed by atoms with van der Waals surface area (Å²) in [5.41, 5.74) is 1.20. The van der Waals surface area contributed by atoms with Crippen molar-refractivity contribution >= 4 is 17.7 Å². The molecule has 1 aliphatic heterocycles. The summed E-state index contributed by atoms with van der Waals surface area (Å²) in [6.45, 7) is 7.92. The number of anilines is 1. The minimum Gasteiger partial charge on any atom is -0.453 e. The van der Waals surface area contributed by atoms with Gasteiger partial charge in [0.05, 0.1) is 5.56 Å². The van der Waals surface area contributed by atoms with Crippen LogP contribution in [0, 0.1) is 5.41 Å². The first-order chi connectivity index (χ1) is 13.7. The van der Waals surface area contributed by atoms with Gasteiger partial charge in [0.15, 0.2) is 0 Å². The average Bonchev–Trinajstić information content (AvgIpc) is 3.02. The number of benzene rings is 1. The van der Waals surface area contributed by atoms with E-state index in [9.17, 15) is 14.4 Å². The second kappa shape index (κ2) is 8.11. The molecule has 1 aromatic carbocycles. The quantitative estimate of drug-likeness (QED) is 0.731. The van der Waals surface area contributed by atoms with Gasteiger partial charge >= 0.3 is 12.1 Å². The number of amides is 1. The Kier molecular flexibility index (Phi) is 5.77. The molecule has 1 aliphatic rings. The van der Waals surface area contributed by atoms with Crippen LogP contribution < -0.4 is 10.9 Å². The number of esters is 1. The van der Waals surface area contributed by atoms with Crippen LogP contribution in [0.5, 0.6) is 0 Å². The molecule has 0 fully saturated rings. The van der Waals surface area contributed by atoms with Crippen molar-refractivity contribution in [3.05, 3.63) is 63.1 Å². The summed E-state index contributed by atoms with van der Waals surface area (Å²) in [4.78, 5) is 40.4. The van der Waals surface area contributed by atoms with Crippen molar-refractivity contribution in [3.63, 3.8) is 0 Å². The predicted octanol–water partition coefficient (Wildman–Crippen LogP) is 4.33. The molecule has 1 aromatic heterocycles. The zero-order valence-electron chi connectivity index (χ0n) is 17.1. The SMILES string of the molecule is CCCc1[nH]c(=O)c(NC(=O)OCc2ccccc2)c2c1C(C(C)(C)C)OC2=O. The maximum absolute atomic E-state index is 12.7. The molecule has 2 N–H and O–H groups in total. The highest BCUT2D eigenvalue weighted by molar-refractivity contribution is 6.03. The Morgan fingerprint density at radius 3 is 2.52 bits per heavy atom. The molecule has 154 valence electrons. The number of carbonyl (C=O) groups is 2. The average molecular weight is 398 g/mol. The zero-order valence-corrected chi connectivity index (χ0v) is 17.1. The van der Waals surface area contributed by atoms with Gasteiger partial charge in [-0.15, -0.1) is 0 Å². The first-order valence-electron chi connectivity index (χ1n) is 9.70. The predicted molar refractivity (Wildman–Crippen MR) is 109 cm³/mol. The summed E-state index contributed by atoms with van der Waals surface area (Å²) >= 11 is 0. The standard InChI is InChI=1S/C22H26N2O5/c1-5-9-14-15-16(20(26)29-18(15)22(2,3)4)17(19(25)23-14)24-21(27)28-12-13-10-7-6-8-11-13/h6-8,10-11,18H,5,9,12H2,1-4H3,(H,23,25)(H,24,27). The number of cyclic esters (lactones) is 1. The molecular weight excluding hydrogens is 372 g/mol. The molecule has 1 unspecified atom stereocenters. The monoisotopic (exact) mass is 398 g/mol. The molecule has 1 amide bonds. The highest BCUT2D eigenvalue weighted by Crippen LogP contribution is 2.45. The fraction of sp³-hybridized carbons (Fsp3) is 0.409. The van der Waals surface area contributed by atoms with E-state index in [2.05, 4.69) is 10.3 Å². The van der Waals surface area contributed by atoms with Crippen LogP contribution in [0.15, 0.2) is 35.1 Å². The lowest BCUT2D eigenvalue weighted by atomic mass is 9.83. The molecule has 2 aromatic rings. The number of fused-ring (bicyclic) bond motifs is 1. The molecule has 0 bridgehead atoms. The molecule has 2 heterocycles. The molecular formula is C22H26N2O5. The first kappa shape index (κ1) is 20.6. The van der Waals surface area contributed by atoms with Crippen LogP contribution in [-0.4, -0.2) is 17.0 Å². The van der Waals surface area contributed by atoms with Crippen molar-refractivity contribution in [2.75, 3.05) is 5.32 Å². The van der Waals surface area contributed by atoms with Gasteiger partial charge in [-0.25, -0.2) is 9.59 Å². The normalized spacial score (nSPS) is 15.6. The number of aromatic amines is 1. The number of rotatable bonds is 5. The Bertz CT molecular complexity index is 973. The third kappa shape index (κ3) is 4.34. The summed E-state index contributed by atoms with van der Waals surface area (Å²) < 4.78 is 10.8. The number of hydrogen-bond donors (Lipinski definition) is 2. The van der Waals surface area contributed by atoms with Gasteiger partial charge in [0.1, 0.15) is 18.4 Å². The van der Waals surface area contributed by atoms with Crippen LogP contribution in [0.4, 0.5) is 10.5 Å². The van der Waals surface area contributed by atoms with Crippen LogP contribution in [0.25, 0.3) is 0 Å². The van der Waals surface area contributed by atoms with Gasteiger partial charge in [0, 0.05) is 16.7 Å². The highest BCUT2D eigenvalue weighted by atomic mass is 16.6. The number of aryl methyl sites for hydroxylation is 1. The summed E-state index contributed by atoms with van der Waals surface area (Å²) in [5, 5.41) is 2.45. The topological polar surface area (TPSA) is 97.5 Å². The molecule has 0 spiro atoms. The zero-order chi connectivity index (χ0) is 21.2. The van der Waals surface area contributed by atoms with Crippen molar-refractivity contribution in [3.8, 4) is 0 Å². The van der Waals surface area contributed by atoms with Crippen LogP contribution in [-0.2, 0) is 22.5 Å². The Morgan fingerprint density at radius 2 is 1.90 bits per heavy atom. The molecule has 7 nitrogen and oxygen atoms in total. The van der Waals surface area contributed by atoms with Crippen molar-refractivity contribution in [1.82, 2.24) is 4.98 Å². The molecule has 7 heteroatoms. The van der Waals surface area contributed by atoms with Gasteiger partial charge in [0.2, 0.25) is 0 Å². The lowest BCUT2D eigenvalue weighted by Gasteiger charge is -2.27. The van der Waals surface area contributed by atoms with Gasteiger partial charge in [-0.1, -0.05) is 64.4 Å². The summed E-state index contributed by atoms with van der Waals surface area (Å²) in [5.74, 6) is -0.610. The lowest BCUT2D eigenvalue weighted by molar-refractivity contribution is 0.00752. The Morgan fingerprint density at radius 1 is 1.21 bits per heavy atom. The second-order valence-electron chi connectivity index (χ2n) is 8.18. The molecule has 0 radical (unpaired) electrons. The van der Waals surface area contributed by atoms with Crippen molar-refractivity contribution in [1.29, 1.82) is 0 Å². The van der Waals surface area contributed by atoms with Gasteiger partial charge in [0.25, 0.3) is 5.56 Å². The molecule has 3 rings (SSSR count). The van der Waals surface area contributed by atoms with Crippen molar-refractivity contribution < 1.29 is 19.1 Å². The summed E-state index contributed by atoms with van der Waals surface area (Å²) in [7, 11) is 0. The van der Waals surface area contributed by atoms with Crippen LogP contribution >= 0.6 is 0 Å². The van der Waals surface area contributed by atoms with E-state index in [0.717, 1.165) is 12.0 Å². The molecule has 0 saturated heterocycles. The summed E-state index contributed by atoms with van der Waals surface area (Å²) in [6.07, 6.45) is 0.0693. The van der Waals surface area contributed by atoms with E-state index in [-0.39, 0.29) is 23.3 Å². The van der Waals surface area contributed by atoms with Gasteiger partial charge in [-0.3, -0.25) is 10.1 Å². The van der Waals surface area contributed by atoms with Gasteiger partial charge in [-0.2, -0.15) is 0 Å². The molecule has 1 atom stereocenters. The Hall–Kier alpha value is -3.09. The maximum atomic E-state index is 12.7. The third-order valence-electron chi connectivity index (χ3n) is 4.75. The first-order valence-corrected chi connectivity index (χ1v) is 9.70. The number of aromatic nitrogens is 1. The van der Waals surface area contributed by atoms with Crippen molar-refractivity contribution in [2.24, 2.45) is 5.41 Å². The molecule has 29 heavy (non-hydrogen) atoms. The van der Waals surface area contributed by atoms with E-state index >= 15 is 0 Å². The minimum atomic E-state index is -0.809. The number of ether oxygens (including phenoxy) is 2. The van der Waals surface area contributed by atoms with E-state index < -0.39 is 23.7 Å². The lowest BCUT2D eigenvalue weighted by Crippen LogP contribution is -2.26. The largest absolute Gasteiger partial charge is 0.453 e. The maximum Gasteiger partial charge on any atom is 0.412 e. The van der Waals surface area contributed by atoms with E-state index in [1.54, 1.807) is 0 Å². The smallest absolute Gasteiger partial charge is 0.412 e. The minimum absolute atomic E-state index is 0.0513. The third-order valence-corrected chi connectivity index (χ3v) is 4.75. The van der Waals surface area contributed by atoms with Crippen LogP contribution in [0.3, 0.4) is 0 Å². The van der Waals surface area contributed by atoms with Crippen molar-refractivity contribution in [2.45, 2.75) is 53.2 Å². The Labute approximate surface area is 169 Å². The number of pyridine rings is 1. The molecule has 0 aliphatic carbocycles. The fourth-order valence-electron chi connectivity index (χ4n) is 3.43. The second-order valence-corrected chi connectivity index (χ2v) is 8.18. The van der Waals surface area contributed by atoms with E-state index in [1.807, 2.05) is 58.0 Å². The summed E-state index contributed by atoms with van der Waals surface area (Å²) in [6, 6.07) is 9.18. The van der Waals surface area contributed by atoms with E-state index in [1.165, 1.54) is 0 Å². The van der Waals surface area contributed by atoms with Gasteiger partial charge < -0.3 is 14.5 Å². The number of hydrogen-bond acceptors (Lipinski definition) is 5. The van der Waals surface area contributed by atoms with E-state index in [0.29, 0.717) is 17.7 Å². The fourth-order valence-corrected chi connectivity index (χ4v) is 3.43. The molecule has 0 saturated carbocycles. The number of H-pyrrole nitrogens is 1. The van der Waals surface area contributed by atoms with Crippen LogP contribution in [0.2, 0.25) is 0 Å². The Balaban J connectivity index is 1.93.